The summed E-state index contributed by atoms with van der Waals surface area (Å²) >= 11 is 0. The molecule has 0 bridgehead atoms. The van der Waals surface area contributed by atoms with Crippen LogP contribution in [0.1, 0.15) is 51.9 Å². The summed E-state index contributed by atoms with van der Waals surface area (Å²) in [6, 6.07) is 0. The molecule has 0 saturated carbocycles. The number of aliphatic carboxylic acids is 1. The van der Waals surface area contributed by atoms with Crippen LogP contribution in [-0.4, -0.2) is 27.1 Å². The van der Waals surface area contributed by atoms with E-state index in [0.29, 0.717) is 12.8 Å². The third kappa shape index (κ3) is 18.2. The van der Waals surface area contributed by atoms with Crippen LogP contribution in [0.3, 0.4) is 0 Å². The Morgan fingerprint density at radius 2 is 1.27 bits per heavy atom. The highest BCUT2D eigenvalue weighted by atomic mass is 16.5. The lowest BCUT2D eigenvalue weighted by Crippen LogP contribution is -2.26. The monoisotopic (exact) mass is 360 g/mol. The minimum absolute atomic E-state index is 0.382. The number of aliphatic hydroxyl groups is 2. The van der Waals surface area contributed by atoms with Crippen LogP contribution in [0.15, 0.2) is 72.9 Å². The predicted octanol–water partition coefficient (Wildman–Crippen LogP) is 4.84. The maximum absolute atomic E-state index is 10.2. The topological polar surface area (TPSA) is 77.8 Å². The molecule has 0 aliphatic carbocycles. The molecular formula is C22H32O4. The molecule has 0 aromatic heterocycles. The first-order valence-electron chi connectivity index (χ1n) is 9.15. The Labute approximate surface area is 157 Å². The van der Waals surface area contributed by atoms with E-state index in [1.54, 1.807) is 19.1 Å². The Bertz CT molecular complexity index is 534. The summed E-state index contributed by atoms with van der Waals surface area (Å²) in [7, 11) is 0. The SMILES string of the molecule is CCC(O)(O)CCCCCC/C=C/C=C/C=C/C=C/C=C/C=C/C(=O)O. The lowest BCUT2D eigenvalue weighted by molar-refractivity contribution is -0.167. The number of allylic oxidation sites excluding steroid dienone is 11. The molecular weight excluding hydrogens is 328 g/mol. The van der Waals surface area contributed by atoms with Crippen LogP contribution in [0.25, 0.3) is 0 Å². The predicted molar refractivity (Wildman–Crippen MR) is 108 cm³/mol. The normalized spacial score (nSPS) is 13.7. The maximum atomic E-state index is 10.2. The summed E-state index contributed by atoms with van der Waals surface area (Å²) in [5.74, 6) is -2.44. The molecule has 4 heteroatoms. The van der Waals surface area contributed by atoms with Gasteiger partial charge in [-0.2, -0.15) is 0 Å². The minimum Gasteiger partial charge on any atom is -0.478 e. The van der Waals surface area contributed by atoms with E-state index in [-0.39, 0.29) is 0 Å². The van der Waals surface area contributed by atoms with Crippen molar-refractivity contribution in [3.05, 3.63) is 72.9 Å². The van der Waals surface area contributed by atoms with Gasteiger partial charge in [0.15, 0.2) is 5.79 Å². The van der Waals surface area contributed by atoms with Crippen LogP contribution in [0.5, 0.6) is 0 Å². The van der Waals surface area contributed by atoms with Gasteiger partial charge in [-0.3, -0.25) is 0 Å². The van der Waals surface area contributed by atoms with Crippen LogP contribution >= 0.6 is 0 Å². The smallest absolute Gasteiger partial charge is 0.328 e. The van der Waals surface area contributed by atoms with Gasteiger partial charge in [0.1, 0.15) is 0 Å². The Hall–Kier alpha value is -2.17. The summed E-state index contributed by atoms with van der Waals surface area (Å²) < 4.78 is 0. The Balaban J connectivity index is 3.65. The van der Waals surface area contributed by atoms with Crippen molar-refractivity contribution in [2.24, 2.45) is 0 Å². The number of carboxylic acids is 1. The van der Waals surface area contributed by atoms with Crippen molar-refractivity contribution < 1.29 is 20.1 Å². The highest BCUT2D eigenvalue weighted by Gasteiger charge is 2.18. The standard InChI is InChI=1S/C22H32O4/c1-2-22(25,26)20-18-16-14-12-10-8-6-4-3-5-7-9-11-13-15-17-19-21(23)24/h3-9,11,13,15,17,19,25-26H,2,10,12,14,16,18,20H2,1H3,(H,23,24)/b4-3+,7-5+,8-6+,11-9+,15-13+,19-17+. The zero-order chi connectivity index (χ0) is 19.5. The molecule has 0 amide bonds. The zero-order valence-electron chi connectivity index (χ0n) is 15.6. The molecule has 0 heterocycles. The molecule has 4 nitrogen and oxygen atoms in total. The van der Waals surface area contributed by atoms with Crippen LogP contribution in [0.2, 0.25) is 0 Å². The molecule has 0 aliphatic rings. The van der Waals surface area contributed by atoms with Crippen molar-refractivity contribution >= 4 is 5.97 Å². The summed E-state index contributed by atoms with van der Waals surface area (Å²) in [6.07, 6.45) is 27.5. The number of hydrogen-bond donors (Lipinski definition) is 3. The van der Waals surface area contributed by atoms with Gasteiger partial charge < -0.3 is 15.3 Å². The molecule has 0 atom stereocenters. The summed E-state index contributed by atoms with van der Waals surface area (Å²) in [5.41, 5.74) is 0. The van der Waals surface area contributed by atoms with Gasteiger partial charge in [-0.05, 0) is 25.7 Å². The lowest BCUT2D eigenvalue weighted by Gasteiger charge is -2.19. The van der Waals surface area contributed by atoms with Crippen LogP contribution < -0.4 is 0 Å². The van der Waals surface area contributed by atoms with Gasteiger partial charge in [0, 0.05) is 12.5 Å². The molecule has 0 spiro atoms. The summed E-state index contributed by atoms with van der Waals surface area (Å²) in [6.45, 7) is 1.78. The van der Waals surface area contributed by atoms with Crippen LogP contribution in [-0.2, 0) is 4.79 Å². The van der Waals surface area contributed by atoms with Gasteiger partial charge in [-0.15, -0.1) is 0 Å². The number of rotatable bonds is 14. The number of carboxylic acid groups (broad SMARTS) is 1. The minimum atomic E-state index is -1.49. The second kappa shape index (κ2) is 16.3. The average Bonchev–Trinajstić information content (AvgIpc) is 2.60. The first-order valence-corrected chi connectivity index (χ1v) is 9.15. The van der Waals surface area contributed by atoms with Gasteiger partial charge in [0.05, 0.1) is 0 Å². The van der Waals surface area contributed by atoms with Crippen molar-refractivity contribution in [3.63, 3.8) is 0 Å². The van der Waals surface area contributed by atoms with E-state index >= 15 is 0 Å². The fourth-order valence-corrected chi connectivity index (χ4v) is 2.03. The van der Waals surface area contributed by atoms with Gasteiger partial charge in [-0.25, -0.2) is 4.79 Å². The molecule has 0 rings (SSSR count). The molecule has 26 heavy (non-hydrogen) atoms. The van der Waals surface area contributed by atoms with E-state index in [1.165, 1.54) is 6.08 Å². The van der Waals surface area contributed by atoms with E-state index in [1.807, 2.05) is 42.5 Å². The quantitative estimate of drug-likeness (QED) is 0.179. The first kappa shape index (κ1) is 23.8. The number of hydrogen-bond acceptors (Lipinski definition) is 3. The zero-order valence-corrected chi connectivity index (χ0v) is 15.6. The van der Waals surface area contributed by atoms with Gasteiger partial charge in [0.25, 0.3) is 0 Å². The van der Waals surface area contributed by atoms with Crippen LogP contribution in [0, 0.1) is 0 Å². The third-order valence-corrected chi connectivity index (χ3v) is 3.64. The molecule has 0 unspecified atom stereocenters. The molecule has 0 radical (unpaired) electrons. The van der Waals surface area contributed by atoms with Crippen molar-refractivity contribution in [2.45, 2.75) is 57.7 Å². The van der Waals surface area contributed by atoms with E-state index in [4.69, 9.17) is 5.11 Å². The van der Waals surface area contributed by atoms with E-state index in [0.717, 1.165) is 38.2 Å². The van der Waals surface area contributed by atoms with Crippen LogP contribution in [0.4, 0.5) is 0 Å². The highest BCUT2D eigenvalue weighted by Crippen LogP contribution is 2.16. The molecule has 0 aromatic rings. The third-order valence-electron chi connectivity index (χ3n) is 3.64. The second-order valence-electron chi connectivity index (χ2n) is 5.95. The second-order valence-corrected chi connectivity index (χ2v) is 5.95. The fraction of sp³-hybridized carbons (Fsp3) is 0.409. The molecule has 0 saturated heterocycles. The van der Waals surface area contributed by atoms with Gasteiger partial charge in [0.2, 0.25) is 0 Å². The highest BCUT2D eigenvalue weighted by molar-refractivity contribution is 5.80. The Morgan fingerprint density at radius 3 is 1.81 bits per heavy atom. The van der Waals surface area contributed by atoms with E-state index in [2.05, 4.69) is 6.08 Å². The molecule has 144 valence electrons. The average molecular weight is 360 g/mol. The Kier molecular flexibility index (Phi) is 14.9. The maximum Gasteiger partial charge on any atom is 0.328 e. The van der Waals surface area contributed by atoms with Gasteiger partial charge in [-0.1, -0.05) is 86.6 Å². The lowest BCUT2D eigenvalue weighted by atomic mass is 10.0. The number of carbonyl (C=O) groups is 1. The summed E-state index contributed by atoms with van der Waals surface area (Å²) in [4.78, 5) is 10.2. The van der Waals surface area contributed by atoms with E-state index in [9.17, 15) is 15.0 Å². The van der Waals surface area contributed by atoms with Gasteiger partial charge >= 0.3 is 5.97 Å². The molecule has 0 aromatic carbocycles. The largest absolute Gasteiger partial charge is 0.478 e. The number of unbranched alkanes of at least 4 members (excludes halogenated alkanes) is 4. The van der Waals surface area contributed by atoms with Crippen molar-refractivity contribution in [1.29, 1.82) is 0 Å². The van der Waals surface area contributed by atoms with Crippen molar-refractivity contribution in [1.82, 2.24) is 0 Å². The fourth-order valence-electron chi connectivity index (χ4n) is 2.03. The van der Waals surface area contributed by atoms with Crippen molar-refractivity contribution in [3.8, 4) is 0 Å². The van der Waals surface area contributed by atoms with E-state index < -0.39 is 11.8 Å². The molecule has 0 aliphatic heterocycles. The molecule has 3 N–H and O–H groups in total. The van der Waals surface area contributed by atoms with Crippen molar-refractivity contribution in [2.75, 3.05) is 0 Å². The summed E-state index contributed by atoms with van der Waals surface area (Å²) in [5, 5.41) is 27.3. The first-order chi connectivity index (χ1) is 12.5. The Morgan fingerprint density at radius 1 is 0.769 bits per heavy atom. The molecule has 0 fully saturated rings.